The van der Waals surface area contributed by atoms with Crippen molar-refractivity contribution in [1.82, 2.24) is 4.90 Å². The topological polar surface area (TPSA) is 12.5 Å². The molecule has 0 radical (unpaired) electrons. The van der Waals surface area contributed by atoms with Gasteiger partial charge in [0.2, 0.25) is 0 Å². The maximum Gasteiger partial charge on any atom is 0.0594 e. The van der Waals surface area contributed by atoms with Gasteiger partial charge in [-0.05, 0) is 36.5 Å². The number of nitrogens with zero attached hydrogens (tertiary/aromatic N) is 1. The van der Waals surface area contributed by atoms with Crippen molar-refractivity contribution in [3.63, 3.8) is 0 Å². The first-order valence-corrected chi connectivity index (χ1v) is 6.91. The Morgan fingerprint density at radius 2 is 1.94 bits per heavy atom. The van der Waals surface area contributed by atoms with Crippen LogP contribution in [-0.2, 0) is 11.2 Å². The summed E-state index contributed by atoms with van der Waals surface area (Å²) in [6.07, 6.45) is 2.33. The molecule has 1 aromatic carbocycles. The molecule has 1 fully saturated rings. The Bertz CT molecular complexity index is 458. The van der Waals surface area contributed by atoms with E-state index in [2.05, 4.69) is 36.1 Å². The summed E-state index contributed by atoms with van der Waals surface area (Å²) in [4.78, 5) is 2.52. The minimum atomic E-state index is 0.897. The molecule has 2 aliphatic rings. The average molecular weight is 243 g/mol. The Hall–Kier alpha value is -1.12. The molecule has 0 amide bonds. The maximum absolute atomic E-state index is 5.40. The third kappa shape index (κ3) is 2.36. The predicted octanol–water partition coefficient (Wildman–Crippen LogP) is 2.74. The maximum atomic E-state index is 5.40. The Balaban J connectivity index is 1.67. The van der Waals surface area contributed by atoms with Crippen LogP contribution in [0.4, 0.5) is 0 Å². The molecule has 1 aliphatic heterocycles. The second kappa shape index (κ2) is 5.25. The van der Waals surface area contributed by atoms with Crippen LogP contribution in [0.1, 0.15) is 24.5 Å². The molecule has 0 saturated carbocycles. The lowest BCUT2D eigenvalue weighted by molar-refractivity contribution is 0.0390. The zero-order valence-electron chi connectivity index (χ0n) is 11.1. The molecule has 96 valence electrons. The molecular weight excluding hydrogens is 222 g/mol. The molecule has 3 rings (SSSR count). The summed E-state index contributed by atoms with van der Waals surface area (Å²) in [6.45, 7) is 7.43. The van der Waals surface area contributed by atoms with Crippen molar-refractivity contribution in [1.29, 1.82) is 0 Å². The van der Waals surface area contributed by atoms with Crippen molar-refractivity contribution in [2.24, 2.45) is 0 Å². The second-order valence-corrected chi connectivity index (χ2v) is 5.30. The summed E-state index contributed by atoms with van der Waals surface area (Å²) in [7, 11) is 0. The van der Waals surface area contributed by atoms with Crippen LogP contribution in [0.25, 0.3) is 5.57 Å². The highest BCUT2D eigenvalue weighted by Gasteiger charge is 2.19. The quantitative estimate of drug-likeness (QED) is 0.809. The average Bonchev–Trinajstić information content (AvgIpc) is 2.73. The summed E-state index contributed by atoms with van der Waals surface area (Å²) in [5, 5.41) is 0. The first-order valence-electron chi connectivity index (χ1n) is 6.91. The van der Waals surface area contributed by atoms with Crippen LogP contribution < -0.4 is 0 Å². The number of ether oxygens (including phenoxy) is 1. The van der Waals surface area contributed by atoms with E-state index in [0.717, 1.165) is 32.7 Å². The monoisotopic (exact) mass is 243 g/mol. The minimum absolute atomic E-state index is 0.897. The van der Waals surface area contributed by atoms with Gasteiger partial charge in [-0.3, -0.25) is 4.90 Å². The van der Waals surface area contributed by atoms with E-state index in [1.165, 1.54) is 24.1 Å². The fourth-order valence-electron chi connectivity index (χ4n) is 3.03. The van der Waals surface area contributed by atoms with Crippen molar-refractivity contribution in [2.45, 2.75) is 19.8 Å². The fraction of sp³-hybridized carbons (Fsp3) is 0.500. The Morgan fingerprint density at radius 3 is 2.78 bits per heavy atom. The zero-order valence-corrected chi connectivity index (χ0v) is 11.1. The van der Waals surface area contributed by atoms with E-state index in [1.54, 1.807) is 11.1 Å². The van der Waals surface area contributed by atoms with E-state index in [-0.39, 0.29) is 0 Å². The lowest BCUT2D eigenvalue weighted by atomic mass is 10.0. The number of morpholine rings is 1. The van der Waals surface area contributed by atoms with Crippen molar-refractivity contribution >= 4 is 5.57 Å². The number of benzene rings is 1. The molecule has 2 nitrogen and oxygen atoms in total. The largest absolute Gasteiger partial charge is 0.379 e. The van der Waals surface area contributed by atoms with Gasteiger partial charge >= 0.3 is 0 Å². The Kier molecular flexibility index (Phi) is 3.48. The normalized spacial score (nSPS) is 20.3. The minimum Gasteiger partial charge on any atom is -0.379 e. The molecular formula is C16H21NO. The number of hydrogen-bond acceptors (Lipinski definition) is 2. The fourth-order valence-corrected chi connectivity index (χ4v) is 3.03. The van der Waals surface area contributed by atoms with Gasteiger partial charge in [-0.2, -0.15) is 0 Å². The van der Waals surface area contributed by atoms with E-state index < -0.39 is 0 Å². The predicted molar refractivity (Wildman–Crippen MR) is 74.6 cm³/mol. The highest BCUT2D eigenvalue weighted by molar-refractivity contribution is 5.76. The van der Waals surface area contributed by atoms with Gasteiger partial charge in [0.15, 0.2) is 0 Å². The molecule has 0 atom stereocenters. The molecule has 1 saturated heterocycles. The molecule has 18 heavy (non-hydrogen) atoms. The standard InChI is InChI=1S/C16H21NO/c1-13-12-14-4-2-3-5-16(14)15(13)6-7-17-8-10-18-11-9-17/h2-5H,6-12H2,1H3. The van der Waals surface area contributed by atoms with Gasteiger partial charge in [0, 0.05) is 19.6 Å². The van der Waals surface area contributed by atoms with Gasteiger partial charge in [0.25, 0.3) is 0 Å². The van der Waals surface area contributed by atoms with E-state index in [1.807, 2.05) is 0 Å². The van der Waals surface area contributed by atoms with Crippen LogP contribution in [0.3, 0.4) is 0 Å². The summed E-state index contributed by atoms with van der Waals surface area (Å²) in [5.41, 5.74) is 6.14. The van der Waals surface area contributed by atoms with Crippen molar-refractivity contribution in [3.8, 4) is 0 Å². The van der Waals surface area contributed by atoms with Gasteiger partial charge in [-0.1, -0.05) is 29.8 Å². The first-order chi connectivity index (χ1) is 8.84. The first kappa shape index (κ1) is 11.9. The van der Waals surface area contributed by atoms with Gasteiger partial charge in [0.05, 0.1) is 13.2 Å². The summed E-state index contributed by atoms with van der Waals surface area (Å²) in [6, 6.07) is 8.85. The zero-order chi connectivity index (χ0) is 12.4. The third-order valence-corrected chi connectivity index (χ3v) is 4.10. The van der Waals surface area contributed by atoms with Crippen LogP contribution in [0.5, 0.6) is 0 Å². The van der Waals surface area contributed by atoms with Crippen LogP contribution in [0.15, 0.2) is 29.8 Å². The van der Waals surface area contributed by atoms with E-state index in [4.69, 9.17) is 4.74 Å². The van der Waals surface area contributed by atoms with Gasteiger partial charge in [0.1, 0.15) is 0 Å². The van der Waals surface area contributed by atoms with Crippen molar-refractivity contribution in [3.05, 3.63) is 41.0 Å². The molecule has 1 aliphatic carbocycles. The lowest BCUT2D eigenvalue weighted by Gasteiger charge is -2.26. The number of fused-ring (bicyclic) bond motifs is 1. The molecule has 0 spiro atoms. The molecule has 0 aromatic heterocycles. The van der Waals surface area contributed by atoms with Crippen LogP contribution in [-0.4, -0.2) is 37.7 Å². The van der Waals surface area contributed by atoms with E-state index >= 15 is 0 Å². The second-order valence-electron chi connectivity index (χ2n) is 5.30. The van der Waals surface area contributed by atoms with E-state index in [9.17, 15) is 0 Å². The smallest absolute Gasteiger partial charge is 0.0594 e. The molecule has 0 bridgehead atoms. The third-order valence-electron chi connectivity index (χ3n) is 4.10. The van der Waals surface area contributed by atoms with Gasteiger partial charge in [-0.25, -0.2) is 0 Å². The molecule has 2 heteroatoms. The number of allylic oxidation sites excluding steroid dienone is 1. The number of rotatable bonds is 3. The highest BCUT2D eigenvalue weighted by atomic mass is 16.5. The summed E-state index contributed by atoms with van der Waals surface area (Å²) < 4.78 is 5.40. The van der Waals surface area contributed by atoms with Crippen molar-refractivity contribution in [2.75, 3.05) is 32.8 Å². The molecule has 0 N–H and O–H groups in total. The van der Waals surface area contributed by atoms with E-state index in [0.29, 0.717) is 0 Å². The Morgan fingerprint density at radius 1 is 1.17 bits per heavy atom. The molecule has 0 unspecified atom stereocenters. The summed E-state index contributed by atoms with van der Waals surface area (Å²) >= 11 is 0. The molecule has 1 heterocycles. The lowest BCUT2D eigenvalue weighted by Crippen LogP contribution is -2.36. The van der Waals surface area contributed by atoms with Crippen LogP contribution in [0, 0.1) is 0 Å². The van der Waals surface area contributed by atoms with Gasteiger partial charge in [-0.15, -0.1) is 0 Å². The highest BCUT2D eigenvalue weighted by Crippen LogP contribution is 2.34. The molecule has 1 aromatic rings. The van der Waals surface area contributed by atoms with Gasteiger partial charge < -0.3 is 4.74 Å². The van der Waals surface area contributed by atoms with Crippen LogP contribution >= 0.6 is 0 Å². The SMILES string of the molecule is CC1=C(CCN2CCOCC2)c2ccccc2C1. The number of hydrogen-bond donors (Lipinski definition) is 0. The van der Waals surface area contributed by atoms with Crippen LogP contribution in [0.2, 0.25) is 0 Å². The summed E-state index contributed by atoms with van der Waals surface area (Å²) in [5.74, 6) is 0. The Labute approximate surface area is 109 Å². The van der Waals surface area contributed by atoms with Crippen molar-refractivity contribution < 1.29 is 4.74 Å².